The molecule has 3 rings (SSSR count). The van der Waals surface area contributed by atoms with Crippen molar-refractivity contribution in [3.63, 3.8) is 0 Å². The standard InChI is InChI=1S/C30H44ClNO/c1-24(9-8-16-31)19-26(3)25(2)12-13-27(4)33-23-29-20-30(21-29)14-17-32(18-15-30)22-28-10-6-5-7-11-28/h8-9,12-13,16,19,28-29H,2,4-7,10-11,14-15,17-18,20-23H2,1,3H3/b13-12-,16-8+,24-9-,26-19+. The Kier molecular flexibility index (Phi) is 10.1. The molecule has 0 atom stereocenters. The Hall–Kier alpha value is -1.51. The minimum Gasteiger partial charge on any atom is -0.494 e. The van der Waals surface area contributed by atoms with Gasteiger partial charge in [0, 0.05) is 12.1 Å². The van der Waals surface area contributed by atoms with E-state index in [2.05, 4.69) is 31.1 Å². The van der Waals surface area contributed by atoms with Crippen LogP contribution >= 0.6 is 11.6 Å². The molecule has 1 spiro atoms. The van der Waals surface area contributed by atoms with Crippen LogP contribution in [0.5, 0.6) is 0 Å². The van der Waals surface area contributed by atoms with Gasteiger partial charge in [0.15, 0.2) is 0 Å². The van der Waals surface area contributed by atoms with Gasteiger partial charge in [0.05, 0.1) is 6.61 Å². The number of likely N-dealkylation sites (tertiary alicyclic amines) is 1. The molecule has 2 aliphatic carbocycles. The zero-order chi connectivity index (χ0) is 23.7. The molecule has 2 saturated carbocycles. The van der Waals surface area contributed by atoms with E-state index in [1.165, 1.54) is 83.0 Å². The summed E-state index contributed by atoms with van der Waals surface area (Å²) in [7, 11) is 0. The predicted molar refractivity (Wildman–Crippen MR) is 143 cm³/mol. The average Bonchev–Trinajstić information content (AvgIpc) is 2.80. The molecule has 182 valence electrons. The van der Waals surface area contributed by atoms with E-state index in [-0.39, 0.29) is 0 Å². The average molecular weight is 470 g/mol. The molecular formula is C30H44ClNO. The topological polar surface area (TPSA) is 12.5 Å². The van der Waals surface area contributed by atoms with E-state index >= 15 is 0 Å². The first-order chi connectivity index (χ1) is 15.9. The monoisotopic (exact) mass is 469 g/mol. The van der Waals surface area contributed by atoms with Gasteiger partial charge in [-0.3, -0.25) is 0 Å². The lowest BCUT2D eigenvalue weighted by atomic mass is 9.58. The second-order valence-corrected chi connectivity index (χ2v) is 11.0. The number of piperidine rings is 1. The molecule has 3 fully saturated rings. The summed E-state index contributed by atoms with van der Waals surface area (Å²) in [5.41, 5.74) is 5.33. The van der Waals surface area contributed by atoms with Crippen molar-refractivity contribution in [1.29, 1.82) is 0 Å². The van der Waals surface area contributed by atoms with Crippen molar-refractivity contribution in [3.8, 4) is 0 Å². The molecule has 0 bridgehead atoms. The molecule has 0 aromatic rings. The maximum Gasteiger partial charge on any atom is 0.112 e. The van der Waals surface area contributed by atoms with Crippen LogP contribution in [0.3, 0.4) is 0 Å². The Morgan fingerprint density at radius 3 is 2.39 bits per heavy atom. The van der Waals surface area contributed by atoms with E-state index in [1.54, 1.807) is 0 Å². The van der Waals surface area contributed by atoms with Crippen molar-refractivity contribution < 1.29 is 4.74 Å². The van der Waals surface area contributed by atoms with Gasteiger partial charge >= 0.3 is 0 Å². The van der Waals surface area contributed by atoms with Gasteiger partial charge in [-0.2, -0.15) is 0 Å². The van der Waals surface area contributed by atoms with E-state index in [1.807, 2.05) is 31.2 Å². The van der Waals surface area contributed by atoms with Gasteiger partial charge < -0.3 is 9.64 Å². The molecular weight excluding hydrogens is 426 g/mol. The molecule has 1 saturated heterocycles. The lowest BCUT2D eigenvalue weighted by molar-refractivity contribution is -0.0410. The highest BCUT2D eigenvalue weighted by atomic mass is 35.5. The summed E-state index contributed by atoms with van der Waals surface area (Å²) >= 11 is 5.58. The SMILES string of the molecule is C=C(/C=C\C(=C)/C(C)=C/C(C)=C\C=C\Cl)OCC1CC2(CCN(CC3CCCCC3)CC2)C1. The lowest BCUT2D eigenvalue weighted by Crippen LogP contribution is -2.49. The molecule has 33 heavy (non-hydrogen) atoms. The van der Waals surface area contributed by atoms with Gasteiger partial charge in [-0.25, -0.2) is 0 Å². The molecule has 0 amide bonds. The smallest absolute Gasteiger partial charge is 0.112 e. The van der Waals surface area contributed by atoms with Crippen LogP contribution in [0.1, 0.15) is 71.6 Å². The molecule has 0 aromatic carbocycles. The molecule has 3 aliphatic rings. The summed E-state index contributed by atoms with van der Waals surface area (Å²) in [6.45, 7) is 17.1. The van der Waals surface area contributed by atoms with Crippen LogP contribution in [-0.4, -0.2) is 31.1 Å². The molecule has 1 aliphatic heterocycles. The van der Waals surface area contributed by atoms with Gasteiger partial charge in [-0.15, -0.1) is 0 Å². The first kappa shape index (κ1) is 26.1. The molecule has 0 aromatic heterocycles. The Balaban J connectivity index is 1.32. The van der Waals surface area contributed by atoms with Crippen molar-refractivity contribution in [1.82, 2.24) is 4.90 Å². The largest absolute Gasteiger partial charge is 0.494 e. The first-order valence-corrected chi connectivity index (χ1v) is 13.4. The first-order valence-electron chi connectivity index (χ1n) is 12.9. The van der Waals surface area contributed by atoms with E-state index in [0.717, 1.165) is 35.0 Å². The fraction of sp³-hybridized carbons (Fsp3) is 0.600. The van der Waals surface area contributed by atoms with Crippen LogP contribution in [0.25, 0.3) is 0 Å². The van der Waals surface area contributed by atoms with Gasteiger partial charge in [0.1, 0.15) is 5.76 Å². The number of halogens is 1. The van der Waals surface area contributed by atoms with E-state index in [4.69, 9.17) is 16.3 Å². The number of ether oxygens (including phenoxy) is 1. The summed E-state index contributed by atoms with van der Waals surface area (Å²) in [4.78, 5) is 2.76. The van der Waals surface area contributed by atoms with E-state index < -0.39 is 0 Å². The van der Waals surface area contributed by atoms with Crippen molar-refractivity contribution in [2.45, 2.75) is 71.6 Å². The number of hydrogen-bond donors (Lipinski definition) is 0. The van der Waals surface area contributed by atoms with E-state index in [9.17, 15) is 0 Å². The van der Waals surface area contributed by atoms with Crippen LogP contribution in [0.4, 0.5) is 0 Å². The molecule has 0 unspecified atom stereocenters. The molecule has 0 N–H and O–H groups in total. The summed E-state index contributed by atoms with van der Waals surface area (Å²) in [6, 6.07) is 0. The summed E-state index contributed by atoms with van der Waals surface area (Å²) < 4.78 is 5.98. The molecule has 0 radical (unpaired) electrons. The molecule has 1 heterocycles. The fourth-order valence-corrected chi connectivity index (χ4v) is 5.98. The lowest BCUT2D eigenvalue weighted by Gasteiger charge is -2.52. The number of hydrogen-bond acceptors (Lipinski definition) is 2. The third-order valence-electron chi connectivity index (χ3n) is 7.96. The zero-order valence-corrected chi connectivity index (χ0v) is 21.7. The Labute approximate surface area is 207 Å². The van der Waals surface area contributed by atoms with Crippen LogP contribution < -0.4 is 0 Å². The fourth-order valence-electron chi connectivity index (χ4n) is 5.90. The van der Waals surface area contributed by atoms with Gasteiger partial charge in [-0.1, -0.05) is 73.9 Å². The summed E-state index contributed by atoms with van der Waals surface area (Å²) in [6.07, 6.45) is 22.6. The van der Waals surface area contributed by atoms with Gasteiger partial charge in [-0.05, 0) is 99.9 Å². The zero-order valence-electron chi connectivity index (χ0n) is 21.0. The number of rotatable bonds is 10. The second kappa shape index (κ2) is 12.8. The second-order valence-electron chi connectivity index (χ2n) is 10.8. The quantitative estimate of drug-likeness (QED) is 0.235. The highest BCUT2D eigenvalue weighted by Gasteiger charge is 2.45. The molecule has 2 nitrogen and oxygen atoms in total. The Bertz CT molecular complexity index is 780. The Morgan fingerprint density at radius 2 is 1.73 bits per heavy atom. The van der Waals surface area contributed by atoms with Crippen LogP contribution in [0.15, 0.2) is 71.6 Å². The third kappa shape index (κ3) is 8.34. The summed E-state index contributed by atoms with van der Waals surface area (Å²) in [5, 5.41) is 0. The van der Waals surface area contributed by atoms with E-state index in [0.29, 0.717) is 11.3 Å². The minimum atomic E-state index is 0.606. The maximum absolute atomic E-state index is 5.98. The normalized spacial score (nSPS) is 23.4. The summed E-state index contributed by atoms with van der Waals surface area (Å²) in [5.74, 6) is 2.38. The van der Waals surface area contributed by atoms with Crippen LogP contribution in [-0.2, 0) is 4.74 Å². The number of allylic oxidation sites excluding steroid dienone is 8. The highest BCUT2D eigenvalue weighted by Crippen LogP contribution is 2.52. The van der Waals surface area contributed by atoms with Gasteiger partial charge in [0.25, 0.3) is 0 Å². The van der Waals surface area contributed by atoms with Crippen molar-refractivity contribution in [2.75, 3.05) is 26.2 Å². The van der Waals surface area contributed by atoms with Crippen molar-refractivity contribution in [2.24, 2.45) is 17.3 Å². The predicted octanol–water partition coefficient (Wildman–Crippen LogP) is 8.35. The minimum absolute atomic E-state index is 0.606. The highest BCUT2D eigenvalue weighted by molar-refractivity contribution is 6.25. The third-order valence-corrected chi connectivity index (χ3v) is 8.10. The number of nitrogens with zero attached hydrogens (tertiary/aromatic N) is 1. The van der Waals surface area contributed by atoms with Crippen LogP contribution in [0.2, 0.25) is 0 Å². The van der Waals surface area contributed by atoms with Gasteiger partial charge in [0.2, 0.25) is 0 Å². The maximum atomic E-state index is 5.98. The van der Waals surface area contributed by atoms with Crippen LogP contribution in [0, 0.1) is 17.3 Å². The Morgan fingerprint density at radius 1 is 1.03 bits per heavy atom. The van der Waals surface area contributed by atoms with Crippen molar-refractivity contribution in [3.05, 3.63) is 71.6 Å². The molecule has 3 heteroatoms. The van der Waals surface area contributed by atoms with Crippen molar-refractivity contribution >= 4 is 11.6 Å².